The Kier molecular flexibility index (Phi) is 9.72. The third-order valence-corrected chi connectivity index (χ3v) is 4.50. The van der Waals surface area contributed by atoms with Crippen molar-refractivity contribution in [1.82, 2.24) is 0 Å². The second-order valence-corrected chi connectivity index (χ2v) is 6.47. The lowest BCUT2D eigenvalue weighted by Crippen LogP contribution is -2.35. The first-order valence-electron chi connectivity index (χ1n) is 8.83. The molecule has 1 aromatic rings. The van der Waals surface area contributed by atoms with E-state index in [1.54, 1.807) is 0 Å². The van der Waals surface area contributed by atoms with Gasteiger partial charge in [-0.1, -0.05) is 68.5 Å². The number of aryl methyl sites for hydroxylation is 2. The van der Waals surface area contributed by atoms with E-state index in [2.05, 4.69) is 36.4 Å². The molecule has 0 saturated carbocycles. The third-order valence-electron chi connectivity index (χ3n) is 4.50. The van der Waals surface area contributed by atoms with Crippen molar-refractivity contribution in [1.29, 1.82) is 0 Å². The van der Waals surface area contributed by atoms with Crippen LogP contribution in [0.15, 0.2) is 29.4 Å². The Morgan fingerprint density at radius 2 is 1.39 bits per heavy atom. The normalized spacial score (nSPS) is 11.6. The van der Waals surface area contributed by atoms with Gasteiger partial charge in [-0.15, -0.1) is 0 Å². The fourth-order valence-electron chi connectivity index (χ4n) is 2.67. The summed E-state index contributed by atoms with van der Waals surface area (Å²) in [6.45, 7) is 1.41. The van der Waals surface area contributed by atoms with Crippen molar-refractivity contribution in [3.63, 3.8) is 0 Å². The minimum Gasteiger partial charge on any atom is -0.394 e. The van der Waals surface area contributed by atoms with Gasteiger partial charge in [-0.2, -0.15) is 4.91 Å². The molecule has 4 heteroatoms. The van der Waals surface area contributed by atoms with Crippen LogP contribution in [0.5, 0.6) is 0 Å². The highest BCUT2D eigenvalue weighted by Gasteiger charge is 2.29. The minimum atomic E-state index is -1.25. The van der Waals surface area contributed by atoms with Gasteiger partial charge in [0.1, 0.15) is 5.54 Å². The summed E-state index contributed by atoms with van der Waals surface area (Å²) in [7, 11) is 0. The Hall–Kier alpha value is -1.26. The Balaban J connectivity index is 2.34. The number of hydrogen-bond donors (Lipinski definition) is 2. The predicted molar refractivity (Wildman–Crippen MR) is 94.5 cm³/mol. The molecule has 0 unspecified atom stereocenters. The van der Waals surface area contributed by atoms with Crippen LogP contribution in [-0.2, 0) is 12.8 Å². The molecule has 4 nitrogen and oxygen atoms in total. The standard InChI is InChI=1S/C19H31NO3/c1-2-3-4-5-6-7-8-17-9-11-18(12-10-17)13-14-19(15-21,16-22)20-23/h9-12,21-22H,2-8,13-16H2,1H3. The van der Waals surface area contributed by atoms with Crippen LogP contribution in [0.25, 0.3) is 0 Å². The lowest BCUT2D eigenvalue weighted by Gasteiger charge is -2.20. The van der Waals surface area contributed by atoms with Crippen molar-refractivity contribution in [2.24, 2.45) is 5.18 Å². The first-order chi connectivity index (χ1) is 11.2. The first-order valence-corrected chi connectivity index (χ1v) is 8.83. The van der Waals surface area contributed by atoms with E-state index < -0.39 is 18.8 Å². The van der Waals surface area contributed by atoms with Gasteiger partial charge >= 0.3 is 0 Å². The summed E-state index contributed by atoms with van der Waals surface area (Å²) >= 11 is 0. The number of rotatable bonds is 13. The summed E-state index contributed by atoms with van der Waals surface area (Å²) in [6, 6.07) is 8.40. The molecule has 0 spiro atoms. The maximum Gasteiger partial charge on any atom is 0.149 e. The van der Waals surface area contributed by atoms with E-state index in [-0.39, 0.29) is 0 Å². The van der Waals surface area contributed by atoms with Gasteiger partial charge in [-0.25, -0.2) is 0 Å². The zero-order valence-electron chi connectivity index (χ0n) is 14.3. The SMILES string of the molecule is CCCCCCCCc1ccc(CCC(CO)(CO)N=O)cc1. The fraction of sp³-hybridized carbons (Fsp3) is 0.684. The van der Waals surface area contributed by atoms with Crippen molar-refractivity contribution in [3.8, 4) is 0 Å². The molecule has 0 bridgehead atoms. The Morgan fingerprint density at radius 1 is 0.870 bits per heavy atom. The molecule has 0 saturated heterocycles. The highest BCUT2D eigenvalue weighted by molar-refractivity contribution is 5.23. The summed E-state index contributed by atoms with van der Waals surface area (Å²) in [4.78, 5) is 10.8. The number of nitrogens with zero attached hydrogens (tertiary/aromatic N) is 1. The van der Waals surface area contributed by atoms with Crippen molar-refractivity contribution in [2.75, 3.05) is 13.2 Å². The smallest absolute Gasteiger partial charge is 0.149 e. The molecule has 0 aromatic heterocycles. The van der Waals surface area contributed by atoms with Crippen molar-refractivity contribution in [3.05, 3.63) is 40.3 Å². The van der Waals surface area contributed by atoms with Crippen LogP contribution in [0.3, 0.4) is 0 Å². The van der Waals surface area contributed by atoms with Crippen LogP contribution in [-0.4, -0.2) is 29.0 Å². The van der Waals surface area contributed by atoms with Gasteiger partial charge in [0.25, 0.3) is 0 Å². The Morgan fingerprint density at radius 3 is 1.91 bits per heavy atom. The van der Waals surface area contributed by atoms with E-state index in [4.69, 9.17) is 0 Å². The molecule has 0 aliphatic carbocycles. The van der Waals surface area contributed by atoms with Gasteiger partial charge in [0.15, 0.2) is 0 Å². The Bertz CT molecular complexity index is 427. The highest BCUT2D eigenvalue weighted by Crippen LogP contribution is 2.19. The largest absolute Gasteiger partial charge is 0.394 e. The molecule has 0 fully saturated rings. The van der Waals surface area contributed by atoms with Gasteiger partial charge in [-0.05, 0) is 36.8 Å². The molecular weight excluding hydrogens is 290 g/mol. The molecule has 0 amide bonds. The maximum atomic E-state index is 10.8. The molecular formula is C19H31NO3. The van der Waals surface area contributed by atoms with Crippen molar-refractivity contribution in [2.45, 2.75) is 70.3 Å². The van der Waals surface area contributed by atoms with Crippen LogP contribution in [0.1, 0.15) is 63.0 Å². The molecule has 2 N–H and O–H groups in total. The van der Waals surface area contributed by atoms with E-state index in [0.29, 0.717) is 12.8 Å². The van der Waals surface area contributed by atoms with Gasteiger partial charge in [-0.3, -0.25) is 0 Å². The summed E-state index contributed by atoms with van der Waals surface area (Å²) in [5.41, 5.74) is 1.19. The van der Waals surface area contributed by atoms with E-state index in [1.807, 2.05) is 0 Å². The van der Waals surface area contributed by atoms with Gasteiger partial charge in [0, 0.05) is 0 Å². The number of unbranched alkanes of at least 4 members (excludes halogenated alkanes) is 5. The molecule has 1 rings (SSSR count). The topological polar surface area (TPSA) is 69.9 Å². The van der Waals surface area contributed by atoms with E-state index in [0.717, 1.165) is 12.0 Å². The average Bonchev–Trinajstić information content (AvgIpc) is 2.61. The van der Waals surface area contributed by atoms with E-state index in [1.165, 1.54) is 44.1 Å². The van der Waals surface area contributed by atoms with Crippen LogP contribution in [0, 0.1) is 4.91 Å². The lowest BCUT2D eigenvalue weighted by atomic mass is 9.93. The number of hydrogen-bond acceptors (Lipinski definition) is 4. The Labute approximate surface area is 139 Å². The second-order valence-electron chi connectivity index (χ2n) is 6.47. The summed E-state index contributed by atoms with van der Waals surface area (Å²) in [5.74, 6) is 0. The zero-order chi connectivity index (χ0) is 17.0. The molecule has 1 aromatic carbocycles. The number of nitroso groups, excluding NO2 is 1. The number of aliphatic hydroxyl groups excluding tert-OH is 2. The molecule has 0 aliphatic heterocycles. The van der Waals surface area contributed by atoms with Crippen LogP contribution in [0.2, 0.25) is 0 Å². The molecule has 0 atom stereocenters. The molecule has 0 radical (unpaired) electrons. The number of benzene rings is 1. The van der Waals surface area contributed by atoms with Gasteiger partial charge in [0.2, 0.25) is 0 Å². The summed E-state index contributed by atoms with van der Waals surface area (Å²) in [6.07, 6.45) is 9.93. The zero-order valence-corrected chi connectivity index (χ0v) is 14.3. The van der Waals surface area contributed by atoms with E-state index >= 15 is 0 Å². The van der Waals surface area contributed by atoms with E-state index in [9.17, 15) is 15.1 Å². The monoisotopic (exact) mass is 321 g/mol. The summed E-state index contributed by atoms with van der Waals surface area (Å²) < 4.78 is 0. The van der Waals surface area contributed by atoms with Crippen LogP contribution < -0.4 is 0 Å². The molecule has 0 heterocycles. The maximum absolute atomic E-state index is 10.8. The van der Waals surface area contributed by atoms with Crippen molar-refractivity contribution >= 4 is 0 Å². The average molecular weight is 321 g/mol. The second kappa shape index (κ2) is 11.3. The van der Waals surface area contributed by atoms with Crippen molar-refractivity contribution < 1.29 is 10.2 Å². The number of aliphatic hydroxyl groups is 2. The van der Waals surface area contributed by atoms with Gasteiger partial charge in [0.05, 0.1) is 13.2 Å². The quantitative estimate of drug-likeness (QED) is 0.426. The van der Waals surface area contributed by atoms with Gasteiger partial charge < -0.3 is 10.2 Å². The first kappa shape index (κ1) is 19.8. The lowest BCUT2D eigenvalue weighted by molar-refractivity contribution is 0.115. The molecule has 0 aliphatic rings. The highest BCUT2D eigenvalue weighted by atomic mass is 16.3. The fourth-order valence-corrected chi connectivity index (χ4v) is 2.67. The molecule has 23 heavy (non-hydrogen) atoms. The minimum absolute atomic E-state index is 0.361. The van der Waals surface area contributed by atoms with Crippen LogP contribution in [0.4, 0.5) is 0 Å². The van der Waals surface area contributed by atoms with Crippen LogP contribution >= 0.6 is 0 Å². The summed E-state index contributed by atoms with van der Waals surface area (Å²) in [5, 5.41) is 21.3. The molecule has 130 valence electrons. The predicted octanol–water partition coefficient (Wildman–Crippen LogP) is 4.01. The third kappa shape index (κ3) is 7.23.